The van der Waals surface area contributed by atoms with Crippen molar-refractivity contribution in [2.24, 2.45) is 5.73 Å². The van der Waals surface area contributed by atoms with E-state index in [0.717, 1.165) is 22.0 Å². The van der Waals surface area contributed by atoms with E-state index in [1.54, 1.807) is 26.0 Å². The first kappa shape index (κ1) is 12.9. The molecule has 1 aromatic carbocycles. The first-order valence-corrected chi connectivity index (χ1v) is 6.16. The summed E-state index contributed by atoms with van der Waals surface area (Å²) in [5.74, 6) is 1.52. The summed E-state index contributed by atoms with van der Waals surface area (Å²) >= 11 is 1.63. The standard InChI is InChI=1S/C12H17NO2S/c1-14-10-7-9(5-4-6-13)8-11(16-3)12(10)15-2/h4-5,7-8H,6,13H2,1-3H3/b5-4+. The van der Waals surface area contributed by atoms with Crippen LogP contribution in [0, 0.1) is 0 Å². The third-order valence-corrected chi connectivity index (χ3v) is 2.88. The summed E-state index contributed by atoms with van der Waals surface area (Å²) in [6.45, 7) is 0.531. The van der Waals surface area contributed by atoms with E-state index < -0.39 is 0 Å². The zero-order chi connectivity index (χ0) is 12.0. The van der Waals surface area contributed by atoms with Gasteiger partial charge in [0, 0.05) is 6.54 Å². The second-order valence-corrected chi connectivity index (χ2v) is 3.94. The lowest BCUT2D eigenvalue weighted by Crippen LogP contribution is -1.94. The van der Waals surface area contributed by atoms with Gasteiger partial charge in [0.1, 0.15) is 0 Å². The molecule has 0 bridgehead atoms. The van der Waals surface area contributed by atoms with Gasteiger partial charge in [-0.05, 0) is 24.0 Å². The molecule has 4 heteroatoms. The minimum Gasteiger partial charge on any atom is -0.493 e. The molecule has 0 aliphatic heterocycles. The number of ether oxygens (including phenoxy) is 2. The van der Waals surface area contributed by atoms with E-state index in [4.69, 9.17) is 15.2 Å². The van der Waals surface area contributed by atoms with E-state index in [-0.39, 0.29) is 0 Å². The van der Waals surface area contributed by atoms with Crippen LogP contribution in [-0.2, 0) is 0 Å². The molecule has 0 aliphatic rings. The Hall–Kier alpha value is -1.13. The van der Waals surface area contributed by atoms with Gasteiger partial charge < -0.3 is 15.2 Å². The normalized spacial score (nSPS) is 10.8. The van der Waals surface area contributed by atoms with Crippen molar-refractivity contribution in [2.75, 3.05) is 27.0 Å². The van der Waals surface area contributed by atoms with Crippen LogP contribution in [0.4, 0.5) is 0 Å². The molecule has 2 N–H and O–H groups in total. The highest BCUT2D eigenvalue weighted by Gasteiger charge is 2.10. The van der Waals surface area contributed by atoms with E-state index in [1.165, 1.54) is 0 Å². The van der Waals surface area contributed by atoms with Crippen LogP contribution in [0.3, 0.4) is 0 Å². The van der Waals surface area contributed by atoms with E-state index in [9.17, 15) is 0 Å². The predicted molar refractivity (Wildman–Crippen MR) is 69.4 cm³/mol. The zero-order valence-electron chi connectivity index (χ0n) is 9.82. The Labute approximate surface area is 101 Å². The smallest absolute Gasteiger partial charge is 0.174 e. The quantitative estimate of drug-likeness (QED) is 0.801. The van der Waals surface area contributed by atoms with Crippen molar-refractivity contribution >= 4 is 17.8 Å². The minimum absolute atomic E-state index is 0.531. The Bertz CT molecular complexity index is 352. The number of rotatable bonds is 5. The molecule has 1 rings (SSSR count). The Kier molecular flexibility index (Phi) is 5.22. The molecule has 0 heterocycles. The molecule has 0 fully saturated rings. The van der Waals surface area contributed by atoms with Gasteiger partial charge in [0.15, 0.2) is 11.5 Å². The van der Waals surface area contributed by atoms with Crippen LogP contribution < -0.4 is 15.2 Å². The molecule has 0 saturated carbocycles. The fourth-order valence-electron chi connectivity index (χ4n) is 1.40. The Morgan fingerprint density at radius 2 is 2.06 bits per heavy atom. The van der Waals surface area contributed by atoms with Crippen molar-refractivity contribution in [1.82, 2.24) is 0 Å². The van der Waals surface area contributed by atoms with Crippen molar-refractivity contribution in [3.8, 4) is 11.5 Å². The monoisotopic (exact) mass is 239 g/mol. The zero-order valence-corrected chi connectivity index (χ0v) is 10.6. The Morgan fingerprint density at radius 1 is 1.31 bits per heavy atom. The molecule has 0 aliphatic carbocycles. The van der Waals surface area contributed by atoms with Gasteiger partial charge in [-0.25, -0.2) is 0 Å². The molecule has 3 nitrogen and oxygen atoms in total. The summed E-state index contributed by atoms with van der Waals surface area (Å²) in [7, 11) is 3.28. The van der Waals surface area contributed by atoms with Crippen molar-refractivity contribution < 1.29 is 9.47 Å². The maximum atomic E-state index is 5.43. The fourth-order valence-corrected chi connectivity index (χ4v) is 2.02. The highest BCUT2D eigenvalue weighted by molar-refractivity contribution is 7.98. The number of thioether (sulfide) groups is 1. The summed E-state index contributed by atoms with van der Waals surface area (Å²) in [4.78, 5) is 1.05. The SMILES string of the molecule is COc1cc(/C=C/CN)cc(SC)c1OC. The maximum absolute atomic E-state index is 5.43. The Morgan fingerprint density at radius 3 is 2.56 bits per heavy atom. The Balaban J connectivity index is 3.20. The molecule has 0 atom stereocenters. The molecule has 88 valence electrons. The second-order valence-electron chi connectivity index (χ2n) is 3.10. The second kappa shape index (κ2) is 6.45. The minimum atomic E-state index is 0.531. The van der Waals surface area contributed by atoms with Crippen LogP contribution in [-0.4, -0.2) is 27.0 Å². The van der Waals surface area contributed by atoms with Crippen LogP contribution >= 0.6 is 11.8 Å². The molecule has 0 unspecified atom stereocenters. The van der Waals surface area contributed by atoms with Crippen LogP contribution in [0.1, 0.15) is 5.56 Å². The highest BCUT2D eigenvalue weighted by Crippen LogP contribution is 2.38. The van der Waals surface area contributed by atoms with Crippen LogP contribution in [0.15, 0.2) is 23.1 Å². The van der Waals surface area contributed by atoms with Gasteiger partial charge in [-0.15, -0.1) is 11.8 Å². The van der Waals surface area contributed by atoms with Gasteiger partial charge in [-0.3, -0.25) is 0 Å². The van der Waals surface area contributed by atoms with Gasteiger partial charge in [-0.2, -0.15) is 0 Å². The molecule has 0 amide bonds. The largest absolute Gasteiger partial charge is 0.493 e. The summed E-state index contributed by atoms with van der Waals surface area (Å²) in [6.07, 6.45) is 5.89. The lowest BCUT2D eigenvalue weighted by atomic mass is 10.2. The number of nitrogens with two attached hydrogens (primary N) is 1. The molecular weight excluding hydrogens is 222 g/mol. The lowest BCUT2D eigenvalue weighted by Gasteiger charge is -2.12. The van der Waals surface area contributed by atoms with Crippen molar-refractivity contribution in [1.29, 1.82) is 0 Å². The van der Waals surface area contributed by atoms with E-state index >= 15 is 0 Å². The summed E-state index contributed by atoms with van der Waals surface area (Å²) < 4.78 is 10.6. The van der Waals surface area contributed by atoms with E-state index in [2.05, 4.69) is 6.07 Å². The average molecular weight is 239 g/mol. The number of methoxy groups -OCH3 is 2. The molecule has 0 saturated heterocycles. The number of benzene rings is 1. The van der Waals surface area contributed by atoms with Crippen LogP contribution in [0.2, 0.25) is 0 Å². The predicted octanol–water partition coefficient (Wildman–Crippen LogP) is 2.40. The molecule has 1 aromatic rings. The first-order valence-electron chi connectivity index (χ1n) is 4.93. The third kappa shape index (κ3) is 2.93. The van der Waals surface area contributed by atoms with Crippen LogP contribution in [0.25, 0.3) is 6.08 Å². The van der Waals surface area contributed by atoms with Gasteiger partial charge in [0.2, 0.25) is 0 Å². The van der Waals surface area contributed by atoms with Crippen molar-refractivity contribution in [3.63, 3.8) is 0 Å². The van der Waals surface area contributed by atoms with Gasteiger partial charge in [0.05, 0.1) is 19.1 Å². The van der Waals surface area contributed by atoms with Crippen molar-refractivity contribution in [2.45, 2.75) is 4.90 Å². The topological polar surface area (TPSA) is 44.5 Å². The lowest BCUT2D eigenvalue weighted by molar-refractivity contribution is 0.348. The first-order chi connectivity index (χ1) is 7.76. The molecular formula is C12H17NO2S. The molecule has 0 spiro atoms. The van der Waals surface area contributed by atoms with Gasteiger partial charge >= 0.3 is 0 Å². The number of hydrogen-bond acceptors (Lipinski definition) is 4. The summed E-state index contributed by atoms with van der Waals surface area (Å²) in [6, 6.07) is 3.99. The maximum Gasteiger partial charge on any atom is 0.174 e. The molecule has 16 heavy (non-hydrogen) atoms. The average Bonchev–Trinajstić information content (AvgIpc) is 2.34. The van der Waals surface area contributed by atoms with Crippen LogP contribution in [0.5, 0.6) is 11.5 Å². The van der Waals surface area contributed by atoms with Crippen molar-refractivity contribution in [3.05, 3.63) is 23.8 Å². The molecule has 0 aromatic heterocycles. The third-order valence-electron chi connectivity index (χ3n) is 2.13. The fraction of sp³-hybridized carbons (Fsp3) is 0.333. The summed E-state index contributed by atoms with van der Waals surface area (Å²) in [5, 5.41) is 0. The molecule has 0 radical (unpaired) electrons. The van der Waals surface area contributed by atoms with Gasteiger partial charge in [0.25, 0.3) is 0 Å². The number of hydrogen-bond donors (Lipinski definition) is 1. The van der Waals surface area contributed by atoms with Gasteiger partial charge in [-0.1, -0.05) is 12.2 Å². The summed E-state index contributed by atoms with van der Waals surface area (Å²) in [5.41, 5.74) is 6.49. The van der Waals surface area contributed by atoms with E-state index in [1.807, 2.05) is 24.5 Å². The highest BCUT2D eigenvalue weighted by atomic mass is 32.2. The van der Waals surface area contributed by atoms with E-state index in [0.29, 0.717) is 6.54 Å².